The van der Waals surface area contributed by atoms with Gasteiger partial charge in [0, 0.05) is 49.0 Å². The van der Waals surface area contributed by atoms with Gasteiger partial charge in [0.2, 0.25) is 0 Å². The van der Waals surface area contributed by atoms with Crippen molar-refractivity contribution in [1.82, 2.24) is 9.80 Å². The highest BCUT2D eigenvalue weighted by Crippen LogP contribution is 2.16. The van der Waals surface area contributed by atoms with Gasteiger partial charge in [-0.2, -0.15) is 0 Å². The molecule has 1 aliphatic rings. The first-order valence-electron chi connectivity index (χ1n) is 8.97. The second-order valence-corrected chi connectivity index (χ2v) is 7.23. The molecule has 2 aromatic rings. The monoisotopic (exact) mass is 407 g/mol. The summed E-state index contributed by atoms with van der Waals surface area (Å²) in [5.74, 6) is -0.219. The largest absolute Gasteiger partial charge is 0.379 e. The van der Waals surface area contributed by atoms with E-state index in [1.807, 2.05) is 23.1 Å². The zero-order chi connectivity index (χ0) is 19.1. The highest BCUT2D eigenvalue weighted by atomic mass is 35.5. The van der Waals surface area contributed by atoms with E-state index >= 15 is 0 Å². The molecule has 0 aliphatic carbocycles. The molecule has 1 N–H and O–H groups in total. The maximum absolute atomic E-state index is 14.1. The van der Waals surface area contributed by atoms with Crippen LogP contribution in [0.25, 0.3) is 0 Å². The molecule has 0 spiro atoms. The summed E-state index contributed by atoms with van der Waals surface area (Å²) in [5, 5.41) is 4.46. The maximum atomic E-state index is 14.1. The van der Waals surface area contributed by atoms with Gasteiger partial charge in [-0.3, -0.25) is 4.90 Å². The van der Waals surface area contributed by atoms with E-state index in [1.54, 1.807) is 24.3 Å². The Morgan fingerprint density at radius 3 is 2.56 bits per heavy atom. The van der Waals surface area contributed by atoms with Crippen LogP contribution in [0.15, 0.2) is 48.5 Å². The molecule has 0 saturated carbocycles. The summed E-state index contributed by atoms with van der Waals surface area (Å²) in [6.07, 6.45) is 0. The Hall–Kier alpha value is -1.73. The van der Waals surface area contributed by atoms with Crippen LogP contribution in [-0.2, 0) is 11.3 Å². The topological polar surface area (TPSA) is 27.7 Å². The number of thiocarbonyl (C=S) groups is 1. The van der Waals surface area contributed by atoms with E-state index in [4.69, 9.17) is 28.6 Å². The summed E-state index contributed by atoms with van der Waals surface area (Å²) >= 11 is 11.6. The zero-order valence-corrected chi connectivity index (χ0v) is 16.6. The summed E-state index contributed by atoms with van der Waals surface area (Å²) in [6, 6.07) is 14.2. The normalized spacial score (nSPS) is 14.7. The quantitative estimate of drug-likeness (QED) is 0.730. The van der Waals surface area contributed by atoms with Crippen molar-refractivity contribution in [3.05, 3.63) is 64.9 Å². The van der Waals surface area contributed by atoms with Gasteiger partial charge in [0.05, 0.1) is 13.2 Å². The molecule has 0 bridgehead atoms. The fourth-order valence-electron chi connectivity index (χ4n) is 2.91. The molecule has 1 saturated heterocycles. The van der Waals surface area contributed by atoms with Crippen LogP contribution in [0.5, 0.6) is 0 Å². The number of morpholine rings is 1. The number of rotatable bonds is 6. The molecule has 27 heavy (non-hydrogen) atoms. The highest BCUT2D eigenvalue weighted by molar-refractivity contribution is 7.80. The van der Waals surface area contributed by atoms with Gasteiger partial charge in [-0.1, -0.05) is 29.8 Å². The van der Waals surface area contributed by atoms with Crippen LogP contribution >= 0.6 is 23.8 Å². The lowest BCUT2D eigenvalue weighted by Gasteiger charge is -2.31. The molecule has 1 heterocycles. The third-order valence-corrected chi connectivity index (χ3v) is 5.10. The maximum Gasteiger partial charge on any atom is 0.173 e. The molecule has 1 aliphatic heterocycles. The van der Waals surface area contributed by atoms with Gasteiger partial charge >= 0.3 is 0 Å². The summed E-state index contributed by atoms with van der Waals surface area (Å²) in [7, 11) is 0. The van der Waals surface area contributed by atoms with E-state index in [1.165, 1.54) is 6.07 Å². The van der Waals surface area contributed by atoms with Crippen LogP contribution in [0.4, 0.5) is 10.1 Å². The van der Waals surface area contributed by atoms with E-state index in [-0.39, 0.29) is 5.82 Å². The molecule has 0 atom stereocenters. The van der Waals surface area contributed by atoms with Gasteiger partial charge in [-0.05, 0) is 42.5 Å². The molecule has 4 nitrogen and oxygen atoms in total. The minimum absolute atomic E-state index is 0.219. The van der Waals surface area contributed by atoms with Crippen molar-refractivity contribution in [3.8, 4) is 0 Å². The first kappa shape index (κ1) is 20.0. The number of nitrogens with one attached hydrogen (secondary N) is 1. The third-order valence-electron chi connectivity index (χ3n) is 4.49. The molecule has 7 heteroatoms. The van der Waals surface area contributed by atoms with E-state index in [0.717, 1.165) is 38.5 Å². The van der Waals surface area contributed by atoms with Crippen molar-refractivity contribution in [2.45, 2.75) is 6.54 Å². The first-order chi connectivity index (χ1) is 13.1. The van der Waals surface area contributed by atoms with E-state index in [2.05, 4.69) is 10.2 Å². The Kier molecular flexibility index (Phi) is 7.41. The lowest BCUT2D eigenvalue weighted by Crippen LogP contribution is -2.44. The fourth-order valence-corrected chi connectivity index (χ4v) is 3.31. The Morgan fingerprint density at radius 1 is 1.15 bits per heavy atom. The van der Waals surface area contributed by atoms with Crippen LogP contribution in [0.3, 0.4) is 0 Å². The summed E-state index contributed by atoms with van der Waals surface area (Å²) in [5.41, 5.74) is 1.48. The molecule has 1 fully saturated rings. The van der Waals surface area contributed by atoms with E-state index in [9.17, 15) is 4.39 Å². The summed E-state index contributed by atoms with van der Waals surface area (Å²) in [6.45, 7) is 5.28. The molecule has 144 valence electrons. The Bertz CT molecular complexity index is 753. The van der Waals surface area contributed by atoms with Crippen molar-refractivity contribution in [1.29, 1.82) is 0 Å². The average Bonchev–Trinajstić information content (AvgIpc) is 2.69. The number of anilines is 1. The van der Waals surface area contributed by atoms with Gasteiger partial charge in [0.25, 0.3) is 0 Å². The SMILES string of the molecule is Fc1ccccc1CN(CCN1CCOCC1)C(=S)Nc1ccc(Cl)cc1. The minimum Gasteiger partial charge on any atom is -0.379 e. The lowest BCUT2D eigenvalue weighted by molar-refractivity contribution is 0.0358. The van der Waals surface area contributed by atoms with Gasteiger partial charge in [-0.25, -0.2) is 4.39 Å². The third kappa shape index (κ3) is 6.14. The number of hydrogen-bond donors (Lipinski definition) is 1. The summed E-state index contributed by atoms with van der Waals surface area (Å²) < 4.78 is 19.5. The second-order valence-electron chi connectivity index (χ2n) is 6.40. The molecule has 0 amide bonds. The fraction of sp³-hybridized carbons (Fsp3) is 0.350. The van der Waals surface area contributed by atoms with Crippen LogP contribution in [-0.4, -0.2) is 54.3 Å². The molecule has 3 rings (SSSR count). The molecule has 0 radical (unpaired) electrons. The number of ether oxygens (including phenoxy) is 1. The van der Waals surface area contributed by atoms with Crippen molar-refractivity contribution in [3.63, 3.8) is 0 Å². The van der Waals surface area contributed by atoms with Crippen LogP contribution in [0.2, 0.25) is 5.02 Å². The molecular weight excluding hydrogens is 385 g/mol. The van der Waals surface area contributed by atoms with Gasteiger partial charge in [0.1, 0.15) is 5.82 Å². The smallest absolute Gasteiger partial charge is 0.173 e. The van der Waals surface area contributed by atoms with E-state index < -0.39 is 0 Å². The summed E-state index contributed by atoms with van der Waals surface area (Å²) in [4.78, 5) is 4.33. The number of benzene rings is 2. The van der Waals surface area contributed by atoms with Crippen LogP contribution in [0.1, 0.15) is 5.56 Å². The zero-order valence-electron chi connectivity index (χ0n) is 15.0. The molecular formula is C20H23ClFN3OS. The molecule has 2 aromatic carbocycles. The van der Waals surface area contributed by atoms with Crippen molar-refractivity contribution in [2.24, 2.45) is 0 Å². The number of hydrogen-bond acceptors (Lipinski definition) is 3. The highest BCUT2D eigenvalue weighted by Gasteiger charge is 2.16. The van der Waals surface area contributed by atoms with E-state index in [0.29, 0.717) is 28.8 Å². The Morgan fingerprint density at radius 2 is 1.85 bits per heavy atom. The van der Waals surface area contributed by atoms with Crippen LogP contribution < -0.4 is 5.32 Å². The molecule has 0 aromatic heterocycles. The Labute approximate surface area is 169 Å². The standard InChI is InChI=1S/C20H23ClFN3OS/c21-17-5-7-18(8-6-17)23-20(27)25(10-9-24-11-13-26-14-12-24)15-16-3-1-2-4-19(16)22/h1-8H,9-15H2,(H,23,27). The van der Waals surface area contributed by atoms with Crippen LogP contribution in [0, 0.1) is 5.82 Å². The van der Waals surface area contributed by atoms with Crippen molar-refractivity contribution < 1.29 is 9.13 Å². The number of nitrogens with zero attached hydrogens (tertiary/aromatic N) is 2. The number of halogens is 2. The van der Waals surface area contributed by atoms with Crippen molar-refractivity contribution in [2.75, 3.05) is 44.7 Å². The first-order valence-corrected chi connectivity index (χ1v) is 9.75. The lowest BCUT2D eigenvalue weighted by atomic mass is 10.2. The average molecular weight is 408 g/mol. The predicted molar refractivity (Wildman–Crippen MR) is 112 cm³/mol. The van der Waals surface area contributed by atoms with Gasteiger partial charge in [0.15, 0.2) is 5.11 Å². The van der Waals surface area contributed by atoms with Crippen molar-refractivity contribution >= 4 is 34.6 Å². The van der Waals surface area contributed by atoms with Gasteiger partial charge in [-0.15, -0.1) is 0 Å². The van der Waals surface area contributed by atoms with Gasteiger partial charge < -0.3 is 15.0 Å². The minimum atomic E-state index is -0.219. The Balaban J connectivity index is 1.68. The second kappa shape index (κ2) is 9.99. The molecule has 0 unspecified atom stereocenters. The predicted octanol–water partition coefficient (Wildman–Crippen LogP) is 4.01.